The molecule has 1 aliphatic carbocycles. The maximum Gasteiger partial charge on any atom is 0.191 e. The summed E-state index contributed by atoms with van der Waals surface area (Å²) in [4.78, 5) is 4.34. The van der Waals surface area contributed by atoms with E-state index in [1.54, 1.807) is 7.05 Å². The number of benzene rings is 1. The number of halogens is 1. The molecule has 2 aliphatic rings. The third-order valence-corrected chi connectivity index (χ3v) is 5.02. The number of hydrogen-bond donors (Lipinski definition) is 3. The Labute approximate surface area is 161 Å². The maximum absolute atomic E-state index is 9.30. The summed E-state index contributed by atoms with van der Waals surface area (Å²) in [5.41, 5.74) is 1.43. The highest BCUT2D eigenvalue weighted by Crippen LogP contribution is 2.40. The first-order chi connectivity index (χ1) is 11.3. The van der Waals surface area contributed by atoms with Crippen LogP contribution in [0.15, 0.2) is 35.3 Å². The number of nitrogens with zero attached hydrogens (tertiary/aromatic N) is 1. The zero-order valence-electron chi connectivity index (χ0n) is 14.2. The monoisotopic (exact) mass is 445 g/mol. The quantitative estimate of drug-likeness (QED) is 0.357. The van der Waals surface area contributed by atoms with Crippen LogP contribution >= 0.6 is 24.0 Å². The topological polar surface area (TPSA) is 65.9 Å². The van der Waals surface area contributed by atoms with Gasteiger partial charge in [-0.25, -0.2) is 0 Å². The van der Waals surface area contributed by atoms with E-state index < -0.39 is 0 Å². The van der Waals surface area contributed by atoms with Gasteiger partial charge in [0, 0.05) is 44.2 Å². The molecule has 0 aromatic heterocycles. The lowest BCUT2D eigenvalue weighted by Crippen LogP contribution is -2.45. The second kappa shape index (κ2) is 9.01. The van der Waals surface area contributed by atoms with Crippen LogP contribution in [0, 0.1) is 5.41 Å². The Morgan fingerprint density at radius 1 is 1.38 bits per heavy atom. The predicted molar refractivity (Wildman–Crippen MR) is 107 cm³/mol. The fourth-order valence-corrected chi connectivity index (χ4v) is 3.38. The van der Waals surface area contributed by atoms with E-state index in [2.05, 4.69) is 46.0 Å². The molecule has 1 saturated heterocycles. The van der Waals surface area contributed by atoms with E-state index in [-0.39, 0.29) is 36.0 Å². The van der Waals surface area contributed by atoms with Gasteiger partial charge >= 0.3 is 0 Å². The van der Waals surface area contributed by atoms with Gasteiger partial charge in [-0.15, -0.1) is 24.0 Å². The summed E-state index contributed by atoms with van der Waals surface area (Å²) in [5.74, 6) is 1.42. The zero-order valence-corrected chi connectivity index (χ0v) is 16.5. The van der Waals surface area contributed by atoms with Crippen molar-refractivity contribution in [3.8, 4) is 0 Å². The van der Waals surface area contributed by atoms with Crippen molar-refractivity contribution in [2.24, 2.45) is 10.4 Å². The largest absolute Gasteiger partial charge is 0.396 e. The normalized spacial score (nSPS) is 29.0. The lowest BCUT2D eigenvalue weighted by molar-refractivity contribution is 0.127. The average molecular weight is 445 g/mol. The van der Waals surface area contributed by atoms with Crippen LogP contribution in [0.4, 0.5) is 0 Å². The van der Waals surface area contributed by atoms with E-state index in [0.29, 0.717) is 18.6 Å². The smallest absolute Gasteiger partial charge is 0.191 e. The standard InChI is InChI=1S/C18H27N3O2.HI/c1-19-17(20-12-18(7-9-22)8-10-23-13-18)21-16-11-15(16)14-5-3-2-4-6-14;/h2-6,15-16,22H,7-13H2,1H3,(H2,19,20,21);1H. The molecule has 1 aromatic rings. The van der Waals surface area contributed by atoms with Gasteiger partial charge in [-0.05, 0) is 24.8 Å². The molecule has 134 valence electrons. The molecule has 3 N–H and O–H groups in total. The van der Waals surface area contributed by atoms with Crippen molar-refractivity contribution in [2.45, 2.75) is 31.2 Å². The summed E-state index contributed by atoms with van der Waals surface area (Å²) >= 11 is 0. The number of hydrogen-bond acceptors (Lipinski definition) is 3. The van der Waals surface area contributed by atoms with Gasteiger partial charge in [0.25, 0.3) is 0 Å². The molecule has 1 aliphatic heterocycles. The van der Waals surface area contributed by atoms with Crippen molar-refractivity contribution in [3.63, 3.8) is 0 Å². The first kappa shape index (κ1) is 19.5. The molecule has 1 heterocycles. The Morgan fingerprint density at radius 2 is 2.17 bits per heavy atom. The molecule has 6 heteroatoms. The molecule has 0 radical (unpaired) electrons. The number of aliphatic hydroxyl groups excluding tert-OH is 1. The highest BCUT2D eigenvalue weighted by Gasteiger charge is 2.39. The molecule has 0 bridgehead atoms. The molecule has 1 aromatic carbocycles. The summed E-state index contributed by atoms with van der Waals surface area (Å²) in [6.07, 6.45) is 2.91. The fraction of sp³-hybridized carbons (Fsp3) is 0.611. The van der Waals surface area contributed by atoms with Crippen molar-refractivity contribution < 1.29 is 9.84 Å². The Kier molecular flexibility index (Phi) is 7.31. The van der Waals surface area contributed by atoms with E-state index in [0.717, 1.165) is 38.4 Å². The molecule has 5 nitrogen and oxygen atoms in total. The summed E-state index contributed by atoms with van der Waals surface area (Å²) < 4.78 is 5.54. The number of aliphatic hydroxyl groups is 1. The van der Waals surface area contributed by atoms with Gasteiger partial charge in [-0.2, -0.15) is 0 Å². The van der Waals surface area contributed by atoms with Crippen LogP contribution in [0.25, 0.3) is 0 Å². The third kappa shape index (κ3) is 4.83. The van der Waals surface area contributed by atoms with Crippen LogP contribution in [0.2, 0.25) is 0 Å². The number of ether oxygens (including phenoxy) is 1. The SMILES string of the molecule is CN=C(NCC1(CCO)CCOC1)NC1CC1c1ccccc1.I. The predicted octanol–water partition coefficient (Wildman–Crippen LogP) is 2.11. The molecule has 1 saturated carbocycles. The Morgan fingerprint density at radius 3 is 2.79 bits per heavy atom. The van der Waals surface area contributed by atoms with E-state index in [1.807, 2.05) is 0 Å². The molecule has 24 heavy (non-hydrogen) atoms. The van der Waals surface area contributed by atoms with Crippen LogP contribution in [0.3, 0.4) is 0 Å². The van der Waals surface area contributed by atoms with Gasteiger partial charge in [0.2, 0.25) is 0 Å². The summed E-state index contributed by atoms with van der Waals surface area (Å²) in [7, 11) is 1.80. The first-order valence-electron chi connectivity index (χ1n) is 8.47. The Hall–Kier alpha value is -0.860. The minimum Gasteiger partial charge on any atom is -0.396 e. The number of rotatable bonds is 6. The van der Waals surface area contributed by atoms with Crippen LogP contribution in [0.1, 0.15) is 30.7 Å². The zero-order chi connectivity index (χ0) is 16.1. The lowest BCUT2D eigenvalue weighted by Gasteiger charge is -2.27. The van der Waals surface area contributed by atoms with Crippen molar-refractivity contribution in [2.75, 3.05) is 33.4 Å². The van der Waals surface area contributed by atoms with Crippen molar-refractivity contribution >= 4 is 29.9 Å². The van der Waals surface area contributed by atoms with Crippen LogP contribution < -0.4 is 10.6 Å². The van der Waals surface area contributed by atoms with E-state index in [4.69, 9.17) is 4.74 Å². The van der Waals surface area contributed by atoms with Gasteiger partial charge in [0.05, 0.1) is 6.61 Å². The van der Waals surface area contributed by atoms with Gasteiger partial charge < -0.3 is 20.5 Å². The summed E-state index contributed by atoms with van der Waals surface area (Å²) in [6.45, 7) is 2.49. The lowest BCUT2D eigenvalue weighted by atomic mass is 9.84. The fourth-order valence-electron chi connectivity index (χ4n) is 3.38. The van der Waals surface area contributed by atoms with E-state index in [1.165, 1.54) is 5.56 Å². The van der Waals surface area contributed by atoms with Gasteiger partial charge in [-0.3, -0.25) is 4.99 Å². The number of guanidine groups is 1. The summed E-state index contributed by atoms with van der Waals surface area (Å²) in [5, 5.41) is 16.2. The third-order valence-electron chi connectivity index (χ3n) is 5.02. The minimum atomic E-state index is 0. The Balaban J connectivity index is 0.00000208. The highest BCUT2D eigenvalue weighted by molar-refractivity contribution is 14.0. The van der Waals surface area contributed by atoms with Crippen molar-refractivity contribution in [1.29, 1.82) is 0 Å². The molecule has 3 atom stereocenters. The Bertz CT molecular complexity index is 532. The van der Waals surface area contributed by atoms with Crippen molar-refractivity contribution in [1.82, 2.24) is 10.6 Å². The molecule has 0 spiro atoms. The molecular weight excluding hydrogens is 417 g/mol. The van der Waals surface area contributed by atoms with Crippen molar-refractivity contribution in [3.05, 3.63) is 35.9 Å². The van der Waals surface area contributed by atoms with Gasteiger partial charge in [-0.1, -0.05) is 30.3 Å². The molecule has 0 amide bonds. The first-order valence-corrected chi connectivity index (χ1v) is 8.47. The maximum atomic E-state index is 9.30. The number of nitrogens with one attached hydrogen (secondary N) is 2. The van der Waals surface area contributed by atoms with Crippen LogP contribution in [-0.4, -0.2) is 50.5 Å². The molecule has 2 fully saturated rings. The van der Waals surface area contributed by atoms with E-state index >= 15 is 0 Å². The molecule has 3 unspecified atom stereocenters. The summed E-state index contributed by atoms with van der Waals surface area (Å²) in [6, 6.07) is 11.1. The van der Waals surface area contributed by atoms with Crippen LogP contribution in [0.5, 0.6) is 0 Å². The van der Waals surface area contributed by atoms with Gasteiger partial charge in [0.15, 0.2) is 5.96 Å². The second-order valence-electron chi connectivity index (χ2n) is 6.71. The average Bonchev–Trinajstić information content (AvgIpc) is 3.21. The minimum absolute atomic E-state index is 0. The highest BCUT2D eigenvalue weighted by atomic mass is 127. The van der Waals surface area contributed by atoms with Crippen LogP contribution in [-0.2, 0) is 4.74 Å². The number of aliphatic imine (C=N–C) groups is 1. The molecular formula is C18H28IN3O2. The van der Waals surface area contributed by atoms with Gasteiger partial charge in [0.1, 0.15) is 0 Å². The molecule has 3 rings (SSSR count). The second-order valence-corrected chi connectivity index (χ2v) is 6.71. The van der Waals surface area contributed by atoms with E-state index in [9.17, 15) is 5.11 Å².